The van der Waals surface area contributed by atoms with Crippen LogP contribution in [0.4, 0.5) is 0 Å². The van der Waals surface area contributed by atoms with Crippen molar-refractivity contribution >= 4 is 5.91 Å². The number of amides is 1. The molecule has 2 saturated heterocycles. The standard InChI is InChI=1S/C17H20N4O/c22-17(14-5-3-9-19-14)21-11-7-15-16(21)6-10-20(15)12-13-4-1-2-8-18-13/h1-5,8-9,15-16,19H,6-7,10-12H2/t15-,16+/m1/s1. The molecule has 2 aromatic heterocycles. The van der Waals surface area contributed by atoms with Crippen LogP contribution in [0.3, 0.4) is 0 Å². The number of carbonyl (C=O) groups is 1. The summed E-state index contributed by atoms with van der Waals surface area (Å²) in [6.07, 6.45) is 5.77. The molecule has 0 saturated carbocycles. The molecule has 0 radical (unpaired) electrons. The van der Waals surface area contributed by atoms with E-state index in [1.807, 2.05) is 36.7 Å². The van der Waals surface area contributed by atoms with E-state index >= 15 is 0 Å². The second-order valence-corrected chi connectivity index (χ2v) is 6.09. The molecular weight excluding hydrogens is 276 g/mol. The van der Waals surface area contributed by atoms with Gasteiger partial charge in [0, 0.05) is 44.1 Å². The fourth-order valence-electron chi connectivity index (χ4n) is 3.84. The zero-order valence-corrected chi connectivity index (χ0v) is 12.5. The molecule has 1 N–H and O–H groups in total. The largest absolute Gasteiger partial charge is 0.357 e. The number of fused-ring (bicyclic) bond motifs is 1. The van der Waals surface area contributed by atoms with Gasteiger partial charge < -0.3 is 9.88 Å². The van der Waals surface area contributed by atoms with Gasteiger partial charge in [-0.2, -0.15) is 0 Å². The van der Waals surface area contributed by atoms with E-state index in [2.05, 4.69) is 25.8 Å². The van der Waals surface area contributed by atoms with Gasteiger partial charge in [0.05, 0.1) is 5.69 Å². The number of aromatic amines is 1. The molecule has 4 rings (SSSR count). The van der Waals surface area contributed by atoms with Gasteiger partial charge in [-0.3, -0.25) is 14.7 Å². The van der Waals surface area contributed by atoms with Crippen LogP contribution < -0.4 is 0 Å². The van der Waals surface area contributed by atoms with E-state index in [-0.39, 0.29) is 5.91 Å². The Morgan fingerprint density at radius 1 is 1.18 bits per heavy atom. The molecule has 5 nitrogen and oxygen atoms in total. The van der Waals surface area contributed by atoms with Gasteiger partial charge in [0.15, 0.2) is 0 Å². The predicted octanol–water partition coefficient (Wildman–Crippen LogP) is 1.90. The van der Waals surface area contributed by atoms with Crippen molar-refractivity contribution in [1.29, 1.82) is 0 Å². The molecule has 2 aliphatic rings. The minimum Gasteiger partial charge on any atom is -0.357 e. The molecule has 0 aromatic carbocycles. The molecule has 5 heteroatoms. The highest BCUT2D eigenvalue weighted by molar-refractivity contribution is 5.93. The highest BCUT2D eigenvalue weighted by atomic mass is 16.2. The molecule has 114 valence electrons. The van der Waals surface area contributed by atoms with Gasteiger partial charge in [0.1, 0.15) is 5.69 Å². The van der Waals surface area contributed by atoms with Crippen molar-refractivity contribution in [3.8, 4) is 0 Å². The Morgan fingerprint density at radius 3 is 2.86 bits per heavy atom. The van der Waals surface area contributed by atoms with Crippen molar-refractivity contribution in [1.82, 2.24) is 19.8 Å². The average molecular weight is 296 g/mol. The average Bonchev–Trinajstić information content (AvgIpc) is 3.26. The van der Waals surface area contributed by atoms with E-state index in [1.165, 1.54) is 0 Å². The molecule has 2 atom stereocenters. The summed E-state index contributed by atoms with van der Waals surface area (Å²) in [5.41, 5.74) is 1.81. The zero-order valence-electron chi connectivity index (χ0n) is 12.5. The predicted molar refractivity (Wildman–Crippen MR) is 83.3 cm³/mol. The molecule has 2 aromatic rings. The van der Waals surface area contributed by atoms with Gasteiger partial charge in [-0.15, -0.1) is 0 Å². The summed E-state index contributed by atoms with van der Waals surface area (Å²) < 4.78 is 0. The van der Waals surface area contributed by atoms with Crippen molar-refractivity contribution in [3.63, 3.8) is 0 Å². The Bertz CT molecular complexity index is 640. The van der Waals surface area contributed by atoms with Crippen LogP contribution in [0.2, 0.25) is 0 Å². The van der Waals surface area contributed by atoms with Crippen molar-refractivity contribution in [2.75, 3.05) is 13.1 Å². The van der Waals surface area contributed by atoms with Gasteiger partial charge in [0.2, 0.25) is 0 Å². The Balaban J connectivity index is 1.46. The van der Waals surface area contributed by atoms with Gasteiger partial charge in [-0.05, 0) is 37.1 Å². The van der Waals surface area contributed by atoms with Crippen LogP contribution >= 0.6 is 0 Å². The van der Waals surface area contributed by atoms with Crippen LogP contribution in [-0.2, 0) is 6.54 Å². The van der Waals surface area contributed by atoms with E-state index in [9.17, 15) is 4.79 Å². The SMILES string of the molecule is O=C(c1ccc[nH]1)N1CC[C@@H]2[C@@H]1CCN2Cc1ccccn1. The number of carbonyl (C=O) groups excluding carboxylic acids is 1. The Morgan fingerprint density at radius 2 is 2.09 bits per heavy atom. The fourth-order valence-corrected chi connectivity index (χ4v) is 3.84. The topological polar surface area (TPSA) is 52.2 Å². The molecule has 0 spiro atoms. The van der Waals surface area contributed by atoms with Crippen molar-refractivity contribution < 1.29 is 4.79 Å². The summed E-state index contributed by atoms with van der Waals surface area (Å²) in [5.74, 6) is 0.136. The first-order valence-corrected chi connectivity index (χ1v) is 7.91. The molecule has 22 heavy (non-hydrogen) atoms. The Hall–Kier alpha value is -2.14. The van der Waals surface area contributed by atoms with Crippen LogP contribution in [0.5, 0.6) is 0 Å². The lowest BCUT2D eigenvalue weighted by atomic mass is 10.1. The third-order valence-electron chi connectivity index (χ3n) is 4.87. The first-order chi connectivity index (χ1) is 10.8. The van der Waals surface area contributed by atoms with Crippen LogP contribution in [0.15, 0.2) is 42.7 Å². The third kappa shape index (κ3) is 2.31. The lowest BCUT2D eigenvalue weighted by molar-refractivity contribution is 0.0726. The molecule has 4 heterocycles. The number of hydrogen-bond acceptors (Lipinski definition) is 3. The van der Waals surface area contributed by atoms with E-state index in [1.54, 1.807) is 0 Å². The summed E-state index contributed by atoms with van der Waals surface area (Å²) in [6.45, 7) is 2.78. The summed E-state index contributed by atoms with van der Waals surface area (Å²) in [4.78, 5) is 24.6. The van der Waals surface area contributed by atoms with Gasteiger partial charge in [0.25, 0.3) is 5.91 Å². The number of aromatic nitrogens is 2. The Labute approximate surface area is 130 Å². The maximum absolute atomic E-state index is 12.6. The van der Waals surface area contributed by atoms with E-state index < -0.39 is 0 Å². The first kappa shape index (κ1) is 13.5. The summed E-state index contributed by atoms with van der Waals surface area (Å²) in [7, 11) is 0. The van der Waals surface area contributed by atoms with Crippen LogP contribution in [-0.4, -0.2) is 50.8 Å². The quantitative estimate of drug-likeness (QED) is 0.941. The van der Waals surface area contributed by atoms with Crippen LogP contribution in [0, 0.1) is 0 Å². The number of nitrogens with one attached hydrogen (secondary N) is 1. The lowest BCUT2D eigenvalue weighted by Crippen LogP contribution is -2.39. The first-order valence-electron chi connectivity index (χ1n) is 7.91. The number of H-pyrrole nitrogens is 1. The number of pyridine rings is 1. The van der Waals surface area contributed by atoms with E-state index in [4.69, 9.17) is 0 Å². The number of nitrogens with zero attached hydrogens (tertiary/aromatic N) is 3. The molecule has 2 aliphatic heterocycles. The van der Waals surface area contributed by atoms with Gasteiger partial charge in [-0.1, -0.05) is 6.07 Å². The molecule has 0 aliphatic carbocycles. The normalized spacial score (nSPS) is 24.6. The number of rotatable bonds is 3. The van der Waals surface area contributed by atoms with E-state index in [0.29, 0.717) is 17.8 Å². The zero-order chi connectivity index (χ0) is 14.9. The van der Waals surface area contributed by atoms with Crippen molar-refractivity contribution in [2.45, 2.75) is 31.5 Å². The summed E-state index contributed by atoms with van der Waals surface area (Å²) in [5, 5.41) is 0. The van der Waals surface area contributed by atoms with Gasteiger partial charge in [-0.25, -0.2) is 0 Å². The van der Waals surface area contributed by atoms with E-state index in [0.717, 1.165) is 38.2 Å². The molecule has 1 amide bonds. The van der Waals surface area contributed by atoms with Crippen LogP contribution in [0.1, 0.15) is 29.0 Å². The summed E-state index contributed by atoms with van der Waals surface area (Å²) in [6, 6.07) is 10.6. The number of likely N-dealkylation sites (tertiary alicyclic amines) is 2. The third-order valence-corrected chi connectivity index (χ3v) is 4.87. The fraction of sp³-hybridized carbons (Fsp3) is 0.412. The monoisotopic (exact) mass is 296 g/mol. The van der Waals surface area contributed by atoms with Crippen LogP contribution in [0.25, 0.3) is 0 Å². The molecule has 0 unspecified atom stereocenters. The highest BCUT2D eigenvalue weighted by Gasteiger charge is 2.44. The number of hydrogen-bond donors (Lipinski definition) is 1. The minimum atomic E-state index is 0.136. The second kappa shape index (κ2) is 5.57. The van der Waals surface area contributed by atoms with Gasteiger partial charge >= 0.3 is 0 Å². The molecule has 0 bridgehead atoms. The highest BCUT2D eigenvalue weighted by Crippen LogP contribution is 2.33. The molecule has 2 fully saturated rings. The van der Waals surface area contributed by atoms with Crippen molar-refractivity contribution in [2.24, 2.45) is 0 Å². The molecular formula is C17H20N4O. The minimum absolute atomic E-state index is 0.136. The Kier molecular flexibility index (Phi) is 3.42. The maximum atomic E-state index is 12.6. The lowest BCUT2D eigenvalue weighted by Gasteiger charge is -2.25. The smallest absolute Gasteiger partial charge is 0.270 e. The van der Waals surface area contributed by atoms with Crippen molar-refractivity contribution in [3.05, 3.63) is 54.1 Å². The summed E-state index contributed by atoms with van der Waals surface area (Å²) >= 11 is 0. The second-order valence-electron chi connectivity index (χ2n) is 6.09. The maximum Gasteiger partial charge on any atom is 0.270 e.